The summed E-state index contributed by atoms with van der Waals surface area (Å²) in [6.07, 6.45) is 1.87. The van der Waals surface area contributed by atoms with E-state index in [0.717, 1.165) is 29.1 Å². The van der Waals surface area contributed by atoms with Crippen LogP contribution in [0.25, 0.3) is 5.76 Å². The van der Waals surface area contributed by atoms with E-state index in [0.29, 0.717) is 18.1 Å². The molecule has 0 saturated carbocycles. The molecule has 2 aromatic carbocycles. The molecule has 0 radical (unpaired) electrons. The highest BCUT2D eigenvalue weighted by atomic mass is 32.1. The number of thiazole rings is 1. The lowest BCUT2D eigenvalue weighted by atomic mass is 9.95. The molecule has 1 fully saturated rings. The number of aliphatic hydroxyl groups is 1. The fourth-order valence-corrected chi connectivity index (χ4v) is 5.00. The molecule has 1 aromatic heterocycles. The van der Waals surface area contributed by atoms with E-state index in [2.05, 4.69) is 11.9 Å². The smallest absolute Gasteiger partial charge is 0.350 e. The maximum atomic E-state index is 15.0. The standard InChI is InChI=1S/C27H25FN2O6S/c1-4-5-14-36-17-12-10-16(11-13-17)22(31)20-21(18-8-6-7-9-19(18)28)30(25(33)23(20)32)27-29-15(2)24(37-27)26(34)35-3/h6-13,21,31H,4-5,14H2,1-3H3. The molecule has 1 amide bonds. The number of benzene rings is 2. The highest BCUT2D eigenvalue weighted by Crippen LogP contribution is 2.44. The van der Waals surface area contributed by atoms with Gasteiger partial charge in [-0.25, -0.2) is 14.2 Å². The third-order valence-corrected chi connectivity index (χ3v) is 7.04. The molecule has 1 aliphatic rings. The predicted molar refractivity (Wildman–Crippen MR) is 136 cm³/mol. The van der Waals surface area contributed by atoms with Crippen molar-refractivity contribution >= 4 is 39.9 Å². The fourth-order valence-electron chi connectivity index (χ4n) is 3.99. The number of halogens is 1. The predicted octanol–water partition coefficient (Wildman–Crippen LogP) is 5.18. The molecule has 192 valence electrons. The largest absolute Gasteiger partial charge is 0.507 e. The Hall–Kier alpha value is -4.05. The lowest BCUT2D eigenvalue weighted by Gasteiger charge is -2.23. The van der Waals surface area contributed by atoms with Crippen molar-refractivity contribution in [2.75, 3.05) is 18.6 Å². The normalized spacial score (nSPS) is 16.8. The van der Waals surface area contributed by atoms with Gasteiger partial charge in [0.25, 0.3) is 5.78 Å². The van der Waals surface area contributed by atoms with Gasteiger partial charge in [-0.15, -0.1) is 0 Å². The van der Waals surface area contributed by atoms with Crippen molar-refractivity contribution < 1.29 is 33.4 Å². The van der Waals surface area contributed by atoms with Crippen LogP contribution in [0.3, 0.4) is 0 Å². The van der Waals surface area contributed by atoms with Gasteiger partial charge in [0.2, 0.25) is 0 Å². The van der Waals surface area contributed by atoms with Gasteiger partial charge < -0.3 is 14.6 Å². The average Bonchev–Trinajstić information content (AvgIpc) is 3.40. The molecule has 10 heteroatoms. The Bertz CT molecular complexity index is 1380. The van der Waals surface area contributed by atoms with E-state index in [1.807, 2.05) is 0 Å². The van der Waals surface area contributed by atoms with Crippen LogP contribution in [0.4, 0.5) is 9.52 Å². The minimum atomic E-state index is -1.31. The summed E-state index contributed by atoms with van der Waals surface area (Å²) in [5.41, 5.74) is 0.255. The minimum Gasteiger partial charge on any atom is -0.507 e. The first-order valence-electron chi connectivity index (χ1n) is 11.6. The van der Waals surface area contributed by atoms with Gasteiger partial charge in [-0.1, -0.05) is 42.9 Å². The molecule has 1 saturated heterocycles. The van der Waals surface area contributed by atoms with Gasteiger partial charge >= 0.3 is 11.9 Å². The molecule has 1 unspecified atom stereocenters. The number of esters is 1. The number of methoxy groups -OCH3 is 1. The Kier molecular flexibility index (Phi) is 7.68. The number of nitrogens with zero attached hydrogens (tertiary/aromatic N) is 2. The number of amides is 1. The van der Waals surface area contributed by atoms with Gasteiger partial charge in [-0.2, -0.15) is 0 Å². The zero-order valence-electron chi connectivity index (χ0n) is 20.5. The average molecular weight is 525 g/mol. The Balaban J connectivity index is 1.83. The monoisotopic (exact) mass is 524 g/mol. The minimum absolute atomic E-state index is 0.00441. The molecule has 4 rings (SSSR count). The summed E-state index contributed by atoms with van der Waals surface area (Å²) in [6, 6.07) is 10.8. The maximum absolute atomic E-state index is 15.0. The summed E-state index contributed by atoms with van der Waals surface area (Å²) in [5.74, 6) is -3.20. The van der Waals surface area contributed by atoms with Crippen LogP contribution >= 0.6 is 11.3 Å². The summed E-state index contributed by atoms with van der Waals surface area (Å²) in [7, 11) is 1.22. The van der Waals surface area contributed by atoms with Crippen molar-refractivity contribution in [2.24, 2.45) is 0 Å². The number of anilines is 1. The van der Waals surface area contributed by atoms with Crippen molar-refractivity contribution in [3.05, 3.63) is 81.6 Å². The molecular weight excluding hydrogens is 499 g/mol. The van der Waals surface area contributed by atoms with Gasteiger partial charge in [0.05, 0.1) is 25.0 Å². The first kappa shape index (κ1) is 26.0. The number of Topliss-reactive ketones (excluding diaryl/α,β-unsaturated/α-hetero) is 1. The molecule has 1 N–H and O–H groups in total. The van der Waals surface area contributed by atoms with Crippen molar-refractivity contribution in [1.82, 2.24) is 4.98 Å². The van der Waals surface area contributed by atoms with Gasteiger partial charge in [0.1, 0.15) is 28.2 Å². The van der Waals surface area contributed by atoms with Crippen molar-refractivity contribution in [3.63, 3.8) is 0 Å². The number of aromatic nitrogens is 1. The van der Waals surface area contributed by atoms with E-state index in [1.165, 1.54) is 25.3 Å². The van der Waals surface area contributed by atoms with Crippen molar-refractivity contribution in [2.45, 2.75) is 32.7 Å². The number of aliphatic hydroxyl groups excluding tert-OH is 1. The number of ether oxygens (including phenoxy) is 2. The lowest BCUT2D eigenvalue weighted by molar-refractivity contribution is -0.132. The van der Waals surface area contributed by atoms with E-state index >= 15 is 4.39 Å². The Morgan fingerprint density at radius 3 is 2.51 bits per heavy atom. The quantitative estimate of drug-likeness (QED) is 0.142. The number of carbonyl (C=O) groups excluding carboxylic acids is 3. The topological polar surface area (TPSA) is 106 Å². The van der Waals surface area contributed by atoms with E-state index in [9.17, 15) is 19.5 Å². The van der Waals surface area contributed by atoms with Crippen LogP contribution in [0.1, 0.15) is 52.3 Å². The van der Waals surface area contributed by atoms with Crippen LogP contribution < -0.4 is 9.64 Å². The molecule has 0 spiro atoms. The number of aryl methyl sites for hydroxylation is 1. The number of rotatable bonds is 8. The molecular formula is C27H25FN2O6S. The summed E-state index contributed by atoms with van der Waals surface area (Å²) in [4.78, 5) is 44.1. The van der Waals surface area contributed by atoms with Crippen LogP contribution in [0.2, 0.25) is 0 Å². The van der Waals surface area contributed by atoms with Crippen molar-refractivity contribution in [1.29, 1.82) is 0 Å². The zero-order valence-corrected chi connectivity index (χ0v) is 21.3. The van der Waals surface area contributed by atoms with Crippen molar-refractivity contribution in [3.8, 4) is 5.75 Å². The van der Waals surface area contributed by atoms with Gasteiger partial charge in [0.15, 0.2) is 5.13 Å². The highest BCUT2D eigenvalue weighted by Gasteiger charge is 2.49. The maximum Gasteiger partial charge on any atom is 0.350 e. The fraction of sp³-hybridized carbons (Fsp3) is 0.259. The molecule has 1 aliphatic heterocycles. The SMILES string of the molecule is CCCCOc1ccc(C(O)=C2C(=O)C(=O)N(c3nc(C)c(C(=O)OC)s3)C2c2ccccc2F)cc1. The van der Waals surface area contributed by atoms with E-state index in [1.54, 1.807) is 37.3 Å². The Morgan fingerprint density at radius 2 is 1.86 bits per heavy atom. The second-order valence-electron chi connectivity index (χ2n) is 8.32. The molecule has 0 aliphatic carbocycles. The number of carbonyl (C=O) groups is 3. The molecule has 1 atom stereocenters. The van der Waals surface area contributed by atoms with Gasteiger partial charge in [-0.3, -0.25) is 14.5 Å². The summed E-state index contributed by atoms with van der Waals surface area (Å²) in [6.45, 7) is 4.15. The number of hydrogen-bond donors (Lipinski definition) is 1. The third kappa shape index (κ3) is 4.97. The first-order valence-corrected chi connectivity index (χ1v) is 12.4. The molecule has 8 nitrogen and oxygen atoms in total. The van der Waals surface area contributed by atoms with Crippen LogP contribution in [0, 0.1) is 12.7 Å². The zero-order chi connectivity index (χ0) is 26.7. The number of ketones is 1. The number of hydrogen-bond acceptors (Lipinski definition) is 8. The summed E-state index contributed by atoms with van der Waals surface area (Å²) in [5, 5.41) is 11.2. The van der Waals surface area contributed by atoms with E-state index in [-0.39, 0.29) is 26.7 Å². The Morgan fingerprint density at radius 1 is 1.16 bits per heavy atom. The summed E-state index contributed by atoms with van der Waals surface area (Å²) >= 11 is 0.844. The van der Waals surface area contributed by atoms with Gasteiger partial charge in [0, 0.05) is 11.1 Å². The van der Waals surface area contributed by atoms with Gasteiger partial charge in [-0.05, 0) is 43.7 Å². The lowest BCUT2D eigenvalue weighted by Crippen LogP contribution is -2.29. The number of unbranched alkanes of at least 4 members (excludes halogenated alkanes) is 1. The molecule has 3 aromatic rings. The van der Waals surface area contributed by atoms with Crippen LogP contribution in [0.15, 0.2) is 54.1 Å². The van der Waals surface area contributed by atoms with E-state index < -0.39 is 35.3 Å². The third-order valence-electron chi connectivity index (χ3n) is 5.90. The second kappa shape index (κ2) is 10.9. The molecule has 37 heavy (non-hydrogen) atoms. The molecule has 0 bridgehead atoms. The second-order valence-corrected chi connectivity index (χ2v) is 9.30. The molecule has 2 heterocycles. The van der Waals surface area contributed by atoms with Crippen LogP contribution in [0.5, 0.6) is 5.75 Å². The highest BCUT2D eigenvalue weighted by molar-refractivity contribution is 7.17. The van der Waals surface area contributed by atoms with Crippen LogP contribution in [-0.2, 0) is 14.3 Å². The van der Waals surface area contributed by atoms with E-state index in [4.69, 9.17) is 9.47 Å². The first-order chi connectivity index (χ1) is 17.8. The summed E-state index contributed by atoms with van der Waals surface area (Å²) < 4.78 is 25.4. The Labute approximate surface area is 217 Å². The van der Waals surface area contributed by atoms with Crippen LogP contribution in [-0.4, -0.2) is 41.5 Å².